The van der Waals surface area contributed by atoms with Crippen LogP contribution in [0.15, 0.2) is 0 Å². The van der Waals surface area contributed by atoms with Gasteiger partial charge in [0, 0.05) is 26.8 Å². The Morgan fingerprint density at radius 1 is 1.50 bits per heavy atom. The topological polar surface area (TPSA) is 82.2 Å². The smallest absolute Gasteiger partial charge is 0.333 e. The predicted octanol–water partition coefficient (Wildman–Crippen LogP) is 2.12. The quantitative estimate of drug-likeness (QED) is 0.638. The summed E-state index contributed by atoms with van der Waals surface area (Å²) in [5, 5.41) is 18.8. The van der Waals surface area contributed by atoms with Crippen LogP contribution in [-0.2, 0) is 18.2 Å². The van der Waals surface area contributed by atoms with Gasteiger partial charge in [-0.05, 0) is 25.2 Å². The van der Waals surface area contributed by atoms with E-state index in [-0.39, 0.29) is 10.6 Å². The number of aryl methyl sites for hydroxylation is 2. The summed E-state index contributed by atoms with van der Waals surface area (Å²) in [6.07, 6.45) is 3.47. The van der Waals surface area contributed by atoms with E-state index in [1.165, 1.54) is 0 Å². The van der Waals surface area contributed by atoms with Crippen molar-refractivity contribution in [2.45, 2.75) is 32.6 Å². The summed E-state index contributed by atoms with van der Waals surface area (Å²) in [6.45, 7) is 4.28. The molecule has 1 N–H and O–H groups in total. The van der Waals surface area contributed by atoms with Crippen LogP contribution in [0.25, 0.3) is 0 Å². The maximum Gasteiger partial charge on any atom is 0.333 e. The van der Waals surface area contributed by atoms with E-state index >= 15 is 0 Å². The highest BCUT2D eigenvalue weighted by molar-refractivity contribution is 5.59. The molecule has 7 nitrogen and oxygen atoms in total. The molecule has 0 unspecified atom stereocenters. The Kier molecular flexibility index (Phi) is 4.94. The molecule has 20 heavy (non-hydrogen) atoms. The number of nitro groups is 1. The summed E-state index contributed by atoms with van der Waals surface area (Å²) in [4.78, 5) is 10.9. The van der Waals surface area contributed by atoms with Crippen molar-refractivity contribution in [1.29, 1.82) is 0 Å². The van der Waals surface area contributed by atoms with Crippen LogP contribution in [0.2, 0.25) is 0 Å². The van der Waals surface area contributed by atoms with E-state index in [1.54, 1.807) is 11.7 Å². The van der Waals surface area contributed by atoms with Crippen LogP contribution in [-0.4, -0.2) is 34.5 Å². The van der Waals surface area contributed by atoms with E-state index in [2.05, 4.69) is 10.4 Å². The third kappa shape index (κ3) is 3.27. The van der Waals surface area contributed by atoms with Crippen molar-refractivity contribution in [3.63, 3.8) is 0 Å². The Morgan fingerprint density at radius 3 is 2.80 bits per heavy atom. The van der Waals surface area contributed by atoms with Crippen LogP contribution in [0.1, 0.15) is 31.9 Å². The second kappa shape index (κ2) is 6.69. The monoisotopic (exact) mass is 282 g/mol. The van der Waals surface area contributed by atoms with Gasteiger partial charge in [0.2, 0.25) is 5.82 Å². The van der Waals surface area contributed by atoms with Crippen molar-refractivity contribution in [1.82, 2.24) is 9.78 Å². The van der Waals surface area contributed by atoms with E-state index in [0.29, 0.717) is 23.9 Å². The highest BCUT2D eigenvalue weighted by Crippen LogP contribution is 2.29. The summed E-state index contributed by atoms with van der Waals surface area (Å²) in [5.41, 5.74) is 0.691. The zero-order valence-electron chi connectivity index (χ0n) is 12.1. The molecule has 0 spiro atoms. The van der Waals surface area contributed by atoms with E-state index in [9.17, 15) is 10.1 Å². The molecule has 0 aliphatic carbocycles. The molecule has 0 atom stereocenters. The van der Waals surface area contributed by atoms with E-state index in [4.69, 9.17) is 4.74 Å². The van der Waals surface area contributed by atoms with E-state index < -0.39 is 0 Å². The molecule has 0 saturated carbocycles. The highest BCUT2D eigenvalue weighted by atomic mass is 16.6. The lowest BCUT2D eigenvalue weighted by Crippen LogP contribution is -2.23. The molecule has 1 aliphatic rings. The molecule has 1 aromatic heterocycles. The molecule has 1 fully saturated rings. The molecular weight excluding hydrogens is 260 g/mol. The highest BCUT2D eigenvalue weighted by Gasteiger charge is 2.26. The third-order valence-electron chi connectivity index (χ3n) is 3.66. The molecule has 2 heterocycles. The fourth-order valence-electron chi connectivity index (χ4n) is 2.56. The molecule has 7 heteroatoms. The van der Waals surface area contributed by atoms with Gasteiger partial charge in [0.15, 0.2) is 0 Å². The van der Waals surface area contributed by atoms with Gasteiger partial charge in [-0.3, -0.25) is 10.1 Å². The van der Waals surface area contributed by atoms with Gasteiger partial charge in [0.25, 0.3) is 0 Å². The Bertz CT molecular complexity index is 466. The third-order valence-corrected chi connectivity index (χ3v) is 3.66. The normalized spacial score (nSPS) is 16.3. The Balaban J connectivity index is 2.11. The molecule has 0 amide bonds. The summed E-state index contributed by atoms with van der Waals surface area (Å²) in [5.74, 6) is 1.03. The number of aromatic nitrogens is 2. The number of nitrogens with zero attached hydrogens (tertiary/aromatic N) is 3. The van der Waals surface area contributed by atoms with Crippen LogP contribution >= 0.6 is 0 Å². The van der Waals surface area contributed by atoms with Crippen LogP contribution < -0.4 is 5.32 Å². The van der Waals surface area contributed by atoms with Crippen molar-refractivity contribution in [3.8, 4) is 0 Å². The zero-order valence-corrected chi connectivity index (χ0v) is 12.1. The minimum atomic E-state index is -0.329. The molecule has 112 valence electrons. The Hall–Kier alpha value is -1.63. The maximum absolute atomic E-state index is 11.3. The first kappa shape index (κ1) is 14.8. The zero-order chi connectivity index (χ0) is 14.5. The lowest BCUT2D eigenvalue weighted by atomic mass is 10.0. The number of anilines is 1. The molecule has 0 aromatic carbocycles. The molecular formula is C13H22N4O3. The minimum Gasteiger partial charge on any atom is -0.381 e. The maximum atomic E-state index is 11.3. The number of hydrogen-bond acceptors (Lipinski definition) is 5. The lowest BCUT2D eigenvalue weighted by Gasteiger charge is -2.22. The second-order valence-corrected chi connectivity index (χ2v) is 5.21. The number of ether oxygens (including phenoxy) is 1. The van der Waals surface area contributed by atoms with Gasteiger partial charge in [-0.1, -0.05) is 13.3 Å². The average Bonchev–Trinajstić information content (AvgIpc) is 2.74. The minimum absolute atomic E-state index is 0.126. The summed E-state index contributed by atoms with van der Waals surface area (Å²) in [6, 6.07) is 0. The fourth-order valence-corrected chi connectivity index (χ4v) is 2.56. The number of hydrogen-bond donors (Lipinski definition) is 1. The van der Waals surface area contributed by atoms with Crippen molar-refractivity contribution in [3.05, 3.63) is 15.8 Å². The van der Waals surface area contributed by atoms with Gasteiger partial charge < -0.3 is 10.1 Å². The van der Waals surface area contributed by atoms with Crippen LogP contribution in [0.5, 0.6) is 0 Å². The summed E-state index contributed by atoms with van der Waals surface area (Å²) >= 11 is 0. The predicted molar refractivity (Wildman–Crippen MR) is 75.9 cm³/mol. The van der Waals surface area contributed by atoms with Gasteiger partial charge >= 0.3 is 5.69 Å². The van der Waals surface area contributed by atoms with Crippen molar-refractivity contribution in [2.75, 3.05) is 25.1 Å². The van der Waals surface area contributed by atoms with Gasteiger partial charge in [0.05, 0.1) is 4.92 Å². The van der Waals surface area contributed by atoms with Crippen LogP contribution in [0.4, 0.5) is 11.5 Å². The number of nitrogens with one attached hydrogen (secondary N) is 1. The van der Waals surface area contributed by atoms with E-state index in [0.717, 1.165) is 39.0 Å². The standard InChI is InChI=1S/C13H22N4O3/c1-3-4-11-12(17(18)19)13(16(2)15-11)14-9-10-5-7-20-8-6-10/h10,14H,3-9H2,1-2H3. The van der Waals surface area contributed by atoms with Crippen molar-refractivity contribution in [2.24, 2.45) is 13.0 Å². The molecule has 1 saturated heterocycles. The van der Waals surface area contributed by atoms with Gasteiger partial charge in [-0.2, -0.15) is 5.10 Å². The lowest BCUT2D eigenvalue weighted by molar-refractivity contribution is -0.384. The Labute approximate surface area is 118 Å². The second-order valence-electron chi connectivity index (χ2n) is 5.21. The van der Waals surface area contributed by atoms with Crippen LogP contribution in [0, 0.1) is 16.0 Å². The van der Waals surface area contributed by atoms with E-state index in [1.807, 2.05) is 6.92 Å². The molecule has 0 bridgehead atoms. The molecule has 2 rings (SSSR count). The van der Waals surface area contributed by atoms with Gasteiger partial charge in [0.1, 0.15) is 5.69 Å². The average molecular weight is 282 g/mol. The van der Waals surface area contributed by atoms with Crippen molar-refractivity contribution >= 4 is 11.5 Å². The molecule has 0 radical (unpaired) electrons. The van der Waals surface area contributed by atoms with Crippen molar-refractivity contribution < 1.29 is 9.66 Å². The number of rotatable bonds is 6. The van der Waals surface area contributed by atoms with Gasteiger partial charge in [-0.15, -0.1) is 0 Å². The Morgan fingerprint density at radius 2 is 2.20 bits per heavy atom. The summed E-state index contributed by atoms with van der Waals surface area (Å²) < 4.78 is 6.91. The SMILES string of the molecule is CCCc1nn(C)c(NCC2CCOCC2)c1[N+](=O)[O-]. The fraction of sp³-hybridized carbons (Fsp3) is 0.769. The first-order valence-corrected chi connectivity index (χ1v) is 7.15. The van der Waals surface area contributed by atoms with Gasteiger partial charge in [-0.25, -0.2) is 4.68 Å². The largest absolute Gasteiger partial charge is 0.381 e. The summed E-state index contributed by atoms with van der Waals surface area (Å²) in [7, 11) is 1.75. The molecule has 1 aliphatic heterocycles. The molecule has 1 aromatic rings. The van der Waals surface area contributed by atoms with Crippen LogP contribution in [0.3, 0.4) is 0 Å². The first-order valence-electron chi connectivity index (χ1n) is 7.15. The first-order chi connectivity index (χ1) is 9.63.